The van der Waals surface area contributed by atoms with Crippen molar-refractivity contribution in [3.63, 3.8) is 0 Å². The average Bonchev–Trinajstić information content (AvgIpc) is 2.60. The number of rotatable bonds is 20. The summed E-state index contributed by atoms with van der Waals surface area (Å²) in [5.41, 5.74) is 0. The second-order valence-corrected chi connectivity index (χ2v) is 8.89. The molecule has 0 heterocycles. The minimum absolute atomic E-state index is 0. The molecular formula is C24H48KNO2. The summed E-state index contributed by atoms with van der Waals surface area (Å²) in [7, 11) is 0. The monoisotopic (exact) mass is 421 g/mol. The molecule has 0 radical (unpaired) electrons. The Bertz CT molecular complexity index is 315. The van der Waals surface area contributed by atoms with Crippen LogP contribution in [0.3, 0.4) is 0 Å². The van der Waals surface area contributed by atoms with Gasteiger partial charge in [0.2, 0.25) is 0 Å². The molecule has 0 aromatic rings. The minimum atomic E-state index is -0.937. The Balaban J connectivity index is 0. The molecule has 0 rings (SSSR count). The summed E-state index contributed by atoms with van der Waals surface area (Å²) >= 11 is 0. The number of aliphatic carboxylic acids is 1. The molecule has 162 valence electrons. The SMILES string of the molecule is CCCCCCCCC(C)CN(CC(=O)[O-])CC(C)CCCCCCCC.[K+]. The van der Waals surface area contributed by atoms with Gasteiger partial charge in [0.1, 0.15) is 0 Å². The molecule has 28 heavy (non-hydrogen) atoms. The molecule has 0 bridgehead atoms. The van der Waals surface area contributed by atoms with E-state index < -0.39 is 5.97 Å². The zero-order valence-corrected chi connectivity index (χ0v) is 23.1. The third kappa shape index (κ3) is 21.8. The normalized spacial score (nSPS) is 13.3. The second kappa shape index (κ2) is 22.7. The predicted octanol–water partition coefficient (Wildman–Crippen LogP) is 2.82. The number of hydrogen-bond acceptors (Lipinski definition) is 3. The maximum absolute atomic E-state index is 11.1. The smallest absolute Gasteiger partial charge is 0.549 e. The van der Waals surface area contributed by atoms with E-state index >= 15 is 0 Å². The molecule has 0 aliphatic rings. The van der Waals surface area contributed by atoms with Crippen LogP contribution in [0, 0.1) is 11.8 Å². The van der Waals surface area contributed by atoms with E-state index in [0.717, 1.165) is 13.1 Å². The molecule has 2 atom stereocenters. The van der Waals surface area contributed by atoms with Crippen molar-refractivity contribution in [3.05, 3.63) is 0 Å². The van der Waals surface area contributed by atoms with Crippen molar-refractivity contribution in [2.75, 3.05) is 19.6 Å². The number of carboxylic acids is 1. The van der Waals surface area contributed by atoms with Crippen LogP contribution in [-0.4, -0.2) is 30.5 Å². The fraction of sp³-hybridized carbons (Fsp3) is 0.958. The van der Waals surface area contributed by atoms with Gasteiger partial charge in [0.25, 0.3) is 0 Å². The van der Waals surface area contributed by atoms with Crippen LogP contribution >= 0.6 is 0 Å². The number of carbonyl (C=O) groups is 1. The number of carbonyl (C=O) groups excluding carboxylic acids is 1. The van der Waals surface area contributed by atoms with Crippen LogP contribution < -0.4 is 56.5 Å². The fourth-order valence-corrected chi connectivity index (χ4v) is 4.00. The third-order valence-corrected chi connectivity index (χ3v) is 5.59. The van der Waals surface area contributed by atoms with Crippen molar-refractivity contribution >= 4 is 5.97 Å². The number of unbranched alkanes of at least 4 members (excludes halogenated alkanes) is 10. The molecule has 0 saturated carbocycles. The Hall–Kier alpha value is 1.07. The van der Waals surface area contributed by atoms with E-state index in [4.69, 9.17) is 0 Å². The first-order chi connectivity index (χ1) is 13.0. The van der Waals surface area contributed by atoms with Gasteiger partial charge >= 0.3 is 51.4 Å². The van der Waals surface area contributed by atoms with Gasteiger partial charge in [-0.15, -0.1) is 0 Å². The summed E-state index contributed by atoms with van der Waals surface area (Å²) in [6.07, 6.45) is 18.3. The van der Waals surface area contributed by atoms with Gasteiger partial charge in [0, 0.05) is 19.6 Å². The van der Waals surface area contributed by atoms with Gasteiger partial charge in [-0.2, -0.15) is 0 Å². The first kappa shape index (κ1) is 31.3. The molecule has 0 aromatic carbocycles. The van der Waals surface area contributed by atoms with Gasteiger partial charge in [0.05, 0.1) is 5.97 Å². The minimum Gasteiger partial charge on any atom is -0.549 e. The van der Waals surface area contributed by atoms with Gasteiger partial charge in [-0.05, 0) is 24.7 Å². The molecule has 2 unspecified atom stereocenters. The Morgan fingerprint density at radius 2 is 1.07 bits per heavy atom. The van der Waals surface area contributed by atoms with Crippen molar-refractivity contribution in [1.82, 2.24) is 4.90 Å². The first-order valence-electron chi connectivity index (χ1n) is 11.9. The molecule has 0 amide bonds. The molecule has 0 aliphatic carbocycles. The molecule has 0 N–H and O–H groups in total. The van der Waals surface area contributed by atoms with Gasteiger partial charge in [-0.25, -0.2) is 0 Å². The van der Waals surface area contributed by atoms with E-state index in [1.54, 1.807) is 0 Å². The van der Waals surface area contributed by atoms with Gasteiger partial charge < -0.3 is 9.90 Å². The Kier molecular flexibility index (Phi) is 25.4. The maximum Gasteiger partial charge on any atom is 1.00 e. The standard InChI is InChI=1S/C24H49NO2.K/c1-5-7-9-11-13-15-17-22(3)19-25(21-24(26)27)20-23(4)18-16-14-12-10-8-6-2;/h22-23H,5-21H2,1-4H3,(H,26,27);/q;+1/p-1. The molecular weight excluding hydrogens is 373 g/mol. The van der Waals surface area contributed by atoms with Crippen molar-refractivity contribution in [2.24, 2.45) is 11.8 Å². The third-order valence-electron chi connectivity index (χ3n) is 5.59. The molecule has 0 fully saturated rings. The Morgan fingerprint density at radius 3 is 1.43 bits per heavy atom. The van der Waals surface area contributed by atoms with Crippen LogP contribution in [0.15, 0.2) is 0 Å². The second-order valence-electron chi connectivity index (χ2n) is 8.89. The molecule has 3 nitrogen and oxygen atoms in total. The zero-order valence-electron chi connectivity index (χ0n) is 19.9. The first-order valence-corrected chi connectivity index (χ1v) is 11.9. The van der Waals surface area contributed by atoms with Crippen molar-refractivity contribution in [3.8, 4) is 0 Å². The maximum atomic E-state index is 11.1. The van der Waals surface area contributed by atoms with E-state index in [1.165, 1.54) is 89.9 Å². The van der Waals surface area contributed by atoms with Crippen LogP contribution in [0.4, 0.5) is 0 Å². The van der Waals surface area contributed by atoms with Crippen molar-refractivity contribution in [1.29, 1.82) is 0 Å². The largest absolute Gasteiger partial charge is 1.00 e. The Morgan fingerprint density at radius 1 is 0.714 bits per heavy atom. The topological polar surface area (TPSA) is 43.4 Å². The van der Waals surface area contributed by atoms with Crippen molar-refractivity contribution in [2.45, 2.75) is 118 Å². The van der Waals surface area contributed by atoms with Crippen LogP contribution in [0.1, 0.15) is 118 Å². The van der Waals surface area contributed by atoms with Gasteiger partial charge in [0.15, 0.2) is 0 Å². The van der Waals surface area contributed by atoms with Crippen LogP contribution in [0.5, 0.6) is 0 Å². The summed E-state index contributed by atoms with van der Waals surface area (Å²) in [4.78, 5) is 13.3. The molecule has 0 aliphatic heterocycles. The van der Waals surface area contributed by atoms with Crippen LogP contribution in [0.2, 0.25) is 0 Å². The fourth-order valence-electron chi connectivity index (χ4n) is 4.00. The molecule has 0 aromatic heterocycles. The average molecular weight is 422 g/mol. The summed E-state index contributed by atoms with van der Waals surface area (Å²) < 4.78 is 0. The van der Waals surface area contributed by atoms with Crippen molar-refractivity contribution < 1.29 is 61.3 Å². The number of hydrogen-bond donors (Lipinski definition) is 0. The summed E-state index contributed by atoms with van der Waals surface area (Å²) in [6, 6.07) is 0. The Labute approximate surface area is 219 Å². The molecule has 0 spiro atoms. The van der Waals surface area contributed by atoms with E-state index in [1.807, 2.05) is 0 Å². The van der Waals surface area contributed by atoms with Gasteiger partial charge in [-0.3, -0.25) is 4.90 Å². The summed E-state index contributed by atoms with van der Waals surface area (Å²) in [6.45, 7) is 10.9. The van der Waals surface area contributed by atoms with Gasteiger partial charge in [-0.1, -0.05) is 105 Å². The predicted molar refractivity (Wildman–Crippen MR) is 116 cm³/mol. The van der Waals surface area contributed by atoms with E-state index in [0.29, 0.717) is 11.8 Å². The number of nitrogens with zero attached hydrogens (tertiary/aromatic N) is 1. The number of carboxylic acid groups (broad SMARTS) is 1. The summed E-state index contributed by atoms with van der Waals surface area (Å²) in [5.74, 6) is 0.196. The van der Waals surface area contributed by atoms with Crippen LogP contribution in [0.25, 0.3) is 0 Å². The van der Waals surface area contributed by atoms with Crippen LogP contribution in [-0.2, 0) is 4.79 Å². The molecule has 0 saturated heterocycles. The zero-order chi connectivity index (χ0) is 20.3. The van der Waals surface area contributed by atoms with E-state index in [-0.39, 0.29) is 57.9 Å². The van der Waals surface area contributed by atoms with E-state index in [2.05, 4.69) is 32.6 Å². The van der Waals surface area contributed by atoms with E-state index in [9.17, 15) is 9.90 Å². The quantitative estimate of drug-likeness (QED) is 0.224. The summed E-state index contributed by atoms with van der Waals surface area (Å²) in [5, 5.41) is 11.1. The molecule has 4 heteroatoms.